The Bertz CT molecular complexity index is 793. The molecule has 0 aliphatic carbocycles. The van der Waals surface area contributed by atoms with Crippen LogP contribution in [-0.2, 0) is 4.79 Å². The van der Waals surface area contributed by atoms with Crippen molar-refractivity contribution in [1.82, 2.24) is 0 Å². The van der Waals surface area contributed by atoms with Crippen LogP contribution in [0.2, 0.25) is 0 Å². The maximum Gasteiger partial charge on any atom is 0.296 e. The molecule has 0 unspecified atom stereocenters. The summed E-state index contributed by atoms with van der Waals surface area (Å²) in [5, 5.41) is 13.8. The number of nitro groups is 1. The average molecular weight is 360 g/mol. The molecule has 7 heteroatoms. The van der Waals surface area contributed by atoms with E-state index in [9.17, 15) is 14.9 Å². The monoisotopic (exact) mass is 360 g/mol. The normalized spacial score (nSPS) is 10.4. The number of aryl methyl sites for hydroxylation is 2. The Balaban J connectivity index is 2.05. The second kappa shape index (κ2) is 8.53. The number of ether oxygens (including phenoxy) is 1. The molecule has 0 aliphatic heterocycles. The van der Waals surface area contributed by atoms with Gasteiger partial charge in [-0.05, 0) is 44.5 Å². The van der Waals surface area contributed by atoms with Crippen LogP contribution >= 0.6 is 11.8 Å². The van der Waals surface area contributed by atoms with Gasteiger partial charge in [0.15, 0.2) is 0 Å². The summed E-state index contributed by atoms with van der Waals surface area (Å²) in [6, 6.07) is 10.4. The summed E-state index contributed by atoms with van der Waals surface area (Å²) < 4.78 is 5.26. The largest absolute Gasteiger partial charge is 0.494 e. The number of rotatable bonds is 7. The van der Waals surface area contributed by atoms with E-state index < -0.39 is 4.92 Å². The molecule has 0 radical (unpaired) electrons. The van der Waals surface area contributed by atoms with E-state index in [1.165, 1.54) is 23.9 Å². The average Bonchev–Trinajstić information content (AvgIpc) is 2.55. The van der Waals surface area contributed by atoms with Crippen molar-refractivity contribution in [2.75, 3.05) is 17.7 Å². The molecule has 2 aromatic carbocycles. The Hall–Kier alpha value is -2.54. The van der Waals surface area contributed by atoms with Gasteiger partial charge in [-0.25, -0.2) is 0 Å². The van der Waals surface area contributed by atoms with E-state index in [1.54, 1.807) is 13.0 Å². The van der Waals surface area contributed by atoms with E-state index in [-0.39, 0.29) is 23.0 Å². The van der Waals surface area contributed by atoms with Crippen molar-refractivity contribution in [3.05, 3.63) is 57.6 Å². The van der Waals surface area contributed by atoms with Gasteiger partial charge in [0.25, 0.3) is 5.69 Å². The molecule has 0 fully saturated rings. The highest BCUT2D eigenvalue weighted by Crippen LogP contribution is 2.30. The van der Waals surface area contributed by atoms with Crippen LogP contribution < -0.4 is 10.1 Å². The number of benzene rings is 2. The predicted octanol–water partition coefficient (Wildman–Crippen LogP) is 4.34. The third-order valence-corrected chi connectivity index (χ3v) is 4.62. The van der Waals surface area contributed by atoms with Crippen LogP contribution in [0.3, 0.4) is 0 Å². The van der Waals surface area contributed by atoms with Gasteiger partial charge in [-0.1, -0.05) is 17.7 Å². The standard InChI is InChI=1S/C18H20N2O4S/c1-4-24-14-6-7-15(16(10-14)20(22)23)19-18(21)11-25-17-8-5-12(2)9-13(17)3/h5-10H,4,11H2,1-3H3,(H,19,21). The van der Waals surface area contributed by atoms with Crippen LogP contribution in [0.5, 0.6) is 5.75 Å². The van der Waals surface area contributed by atoms with Gasteiger partial charge in [0.2, 0.25) is 5.91 Å². The Morgan fingerprint density at radius 3 is 2.64 bits per heavy atom. The van der Waals surface area contributed by atoms with E-state index in [2.05, 4.69) is 11.4 Å². The highest BCUT2D eigenvalue weighted by molar-refractivity contribution is 8.00. The fourth-order valence-corrected chi connectivity index (χ4v) is 3.13. The number of carbonyl (C=O) groups excluding carboxylic acids is 1. The van der Waals surface area contributed by atoms with E-state index in [0.717, 1.165) is 16.0 Å². The van der Waals surface area contributed by atoms with E-state index >= 15 is 0 Å². The predicted molar refractivity (Wildman–Crippen MR) is 99.5 cm³/mol. The smallest absolute Gasteiger partial charge is 0.296 e. The molecule has 1 amide bonds. The summed E-state index contributed by atoms with van der Waals surface area (Å²) in [7, 11) is 0. The molecule has 0 aliphatic rings. The van der Waals surface area contributed by atoms with Crippen molar-refractivity contribution in [2.45, 2.75) is 25.7 Å². The van der Waals surface area contributed by atoms with Gasteiger partial charge in [0.05, 0.1) is 23.3 Å². The van der Waals surface area contributed by atoms with E-state index in [4.69, 9.17) is 4.74 Å². The maximum atomic E-state index is 12.2. The molecule has 0 bridgehead atoms. The van der Waals surface area contributed by atoms with Gasteiger partial charge in [-0.2, -0.15) is 0 Å². The maximum absolute atomic E-state index is 12.2. The first-order valence-corrected chi connectivity index (χ1v) is 8.80. The molecular formula is C18H20N2O4S. The molecule has 25 heavy (non-hydrogen) atoms. The molecule has 0 aromatic heterocycles. The number of nitrogens with zero attached hydrogens (tertiary/aromatic N) is 1. The van der Waals surface area contributed by atoms with Crippen molar-refractivity contribution in [1.29, 1.82) is 0 Å². The summed E-state index contributed by atoms with van der Waals surface area (Å²) in [6.07, 6.45) is 0. The molecule has 0 heterocycles. The minimum Gasteiger partial charge on any atom is -0.494 e. The number of hydrogen-bond donors (Lipinski definition) is 1. The molecule has 1 N–H and O–H groups in total. The first-order chi connectivity index (χ1) is 11.9. The molecule has 0 atom stereocenters. The van der Waals surface area contributed by atoms with Crippen LogP contribution in [0, 0.1) is 24.0 Å². The molecular weight excluding hydrogens is 340 g/mol. The molecule has 6 nitrogen and oxygen atoms in total. The lowest BCUT2D eigenvalue weighted by Gasteiger charge is -2.09. The highest BCUT2D eigenvalue weighted by atomic mass is 32.2. The van der Waals surface area contributed by atoms with Gasteiger partial charge < -0.3 is 10.1 Å². The lowest BCUT2D eigenvalue weighted by Crippen LogP contribution is -2.15. The van der Waals surface area contributed by atoms with Crippen LogP contribution in [-0.4, -0.2) is 23.2 Å². The minimum absolute atomic E-state index is 0.166. The molecule has 0 saturated heterocycles. The summed E-state index contributed by atoms with van der Waals surface area (Å²) >= 11 is 1.40. The van der Waals surface area contributed by atoms with Crippen LogP contribution in [0.1, 0.15) is 18.1 Å². The minimum atomic E-state index is -0.532. The van der Waals surface area contributed by atoms with Crippen molar-refractivity contribution in [3.8, 4) is 5.75 Å². The third kappa shape index (κ3) is 5.22. The molecule has 132 valence electrons. The van der Waals surface area contributed by atoms with Crippen molar-refractivity contribution < 1.29 is 14.5 Å². The zero-order chi connectivity index (χ0) is 18.4. The SMILES string of the molecule is CCOc1ccc(NC(=O)CSc2ccc(C)cc2C)c([N+](=O)[O-])c1. The number of amides is 1. The zero-order valence-corrected chi connectivity index (χ0v) is 15.2. The number of hydrogen-bond acceptors (Lipinski definition) is 5. The second-order valence-electron chi connectivity index (χ2n) is 5.47. The van der Waals surface area contributed by atoms with Gasteiger partial charge in [-0.3, -0.25) is 14.9 Å². The topological polar surface area (TPSA) is 81.5 Å². The number of anilines is 1. The molecule has 0 spiro atoms. The summed E-state index contributed by atoms with van der Waals surface area (Å²) in [6.45, 7) is 6.21. The lowest BCUT2D eigenvalue weighted by atomic mass is 10.2. The zero-order valence-electron chi connectivity index (χ0n) is 14.4. The molecule has 2 aromatic rings. The van der Waals surface area contributed by atoms with Crippen molar-refractivity contribution in [2.24, 2.45) is 0 Å². The first-order valence-electron chi connectivity index (χ1n) is 7.82. The highest BCUT2D eigenvalue weighted by Gasteiger charge is 2.17. The Kier molecular flexibility index (Phi) is 6.41. The quantitative estimate of drug-likeness (QED) is 0.451. The fourth-order valence-electron chi connectivity index (χ4n) is 2.32. The summed E-state index contributed by atoms with van der Waals surface area (Å²) in [5.41, 5.74) is 2.25. The van der Waals surface area contributed by atoms with E-state index in [1.807, 2.05) is 26.0 Å². The Morgan fingerprint density at radius 1 is 1.24 bits per heavy atom. The summed E-state index contributed by atoms with van der Waals surface area (Å²) in [5.74, 6) is 0.281. The van der Waals surface area contributed by atoms with E-state index in [0.29, 0.717) is 12.4 Å². The third-order valence-electron chi connectivity index (χ3n) is 3.44. The van der Waals surface area contributed by atoms with Crippen LogP contribution in [0.25, 0.3) is 0 Å². The van der Waals surface area contributed by atoms with Crippen LogP contribution in [0.15, 0.2) is 41.3 Å². The lowest BCUT2D eigenvalue weighted by molar-refractivity contribution is -0.384. The Labute approximate surface area is 150 Å². The fraction of sp³-hybridized carbons (Fsp3) is 0.278. The number of thioether (sulfide) groups is 1. The number of nitrogens with one attached hydrogen (secondary N) is 1. The van der Waals surface area contributed by atoms with Crippen LogP contribution in [0.4, 0.5) is 11.4 Å². The summed E-state index contributed by atoms with van der Waals surface area (Å²) in [4.78, 5) is 23.9. The second-order valence-corrected chi connectivity index (χ2v) is 6.49. The van der Waals surface area contributed by atoms with Gasteiger partial charge in [0, 0.05) is 4.90 Å². The molecule has 2 rings (SSSR count). The number of nitro benzene ring substituents is 1. The molecule has 0 saturated carbocycles. The van der Waals surface area contributed by atoms with Crippen molar-refractivity contribution >= 4 is 29.0 Å². The van der Waals surface area contributed by atoms with Gasteiger partial charge in [-0.15, -0.1) is 11.8 Å². The Morgan fingerprint density at radius 2 is 2.00 bits per heavy atom. The first kappa shape index (κ1) is 18.8. The van der Waals surface area contributed by atoms with Gasteiger partial charge in [0.1, 0.15) is 11.4 Å². The van der Waals surface area contributed by atoms with Gasteiger partial charge >= 0.3 is 0 Å². The number of carbonyl (C=O) groups is 1. The van der Waals surface area contributed by atoms with Crippen molar-refractivity contribution in [3.63, 3.8) is 0 Å².